The maximum absolute atomic E-state index is 2.88. The Balaban J connectivity index is 1.06. The highest BCUT2D eigenvalue weighted by Crippen LogP contribution is 2.65. The third-order valence-corrected chi connectivity index (χ3v) is 25.3. The summed E-state index contributed by atoms with van der Waals surface area (Å²) in [5.41, 5.74) is 27.1. The van der Waals surface area contributed by atoms with Crippen molar-refractivity contribution in [3.05, 3.63) is 209 Å². The highest BCUT2D eigenvalue weighted by atomic mass is 32.1. The van der Waals surface area contributed by atoms with E-state index < -0.39 is 0 Å². The highest BCUT2D eigenvalue weighted by molar-refractivity contribution is 7.26. The largest absolute Gasteiger partial charge is 0.334 e. The zero-order valence-electron chi connectivity index (χ0n) is 57.7. The minimum absolute atomic E-state index is 0.00676. The first-order valence-electron chi connectivity index (χ1n) is 34.7. The van der Waals surface area contributed by atoms with Crippen LogP contribution >= 0.6 is 11.3 Å². The van der Waals surface area contributed by atoms with Crippen molar-refractivity contribution in [3.63, 3.8) is 0 Å². The fourth-order valence-corrected chi connectivity index (χ4v) is 19.5. The number of thiophene rings is 1. The summed E-state index contributed by atoms with van der Waals surface area (Å²) < 4.78 is 2.63. The number of rotatable bonds is 5. The molecular weight excluding hydrogens is 1130 g/mol. The second kappa shape index (κ2) is 20.0. The quantitative estimate of drug-likeness (QED) is 0.159. The van der Waals surface area contributed by atoms with E-state index in [1.54, 1.807) is 0 Å². The van der Waals surface area contributed by atoms with Gasteiger partial charge in [0, 0.05) is 82.1 Å². The van der Waals surface area contributed by atoms with E-state index in [2.05, 4.69) is 306 Å². The first kappa shape index (κ1) is 59.5. The Hall–Kier alpha value is -7.54. The molecule has 2 fully saturated rings. The summed E-state index contributed by atoms with van der Waals surface area (Å²) in [5.74, 6) is 0. The molecule has 4 unspecified atom stereocenters. The predicted octanol–water partition coefficient (Wildman–Crippen LogP) is 22.5. The third kappa shape index (κ3) is 8.45. The number of benzene rings is 9. The SMILES string of the molecule is CC(C)(C)c1ccc(N2c3cc(N4c5ccc(C(C)(C)C)cc5C5(C)CCCCC45C)ccc3B3c4ccc(C(C)(C)C)cc4N(c4cccc5sc6ccccc6c45)c4cc(N5c6ccc(C(C)(C)C)cc6C6(C)CCCCC56C)cc2c43)c(-c2ccccc2)c1. The molecule has 4 aliphatic heterocycles. The fraction of sp³-hybridized carbons (Fsp3) is 0.372. The van der Waals surface area contributed by atoms with Crippen molar-refractivity contribution in [1.82, 2.24) is 0 Å². The van der Waals surface area contributed by atoms with Gasteiger partial charge in [-0.3, -0.25) is 0 Å². The van der Waals surface area contributed by atoms with Crippen molar-refractivity contribution in [2.24, 2.45) is 0 Å². The number of anilines is 10. The van der Waals surface area contributed by atoms with Gasteiger partial charge in [-0.1, -0.05) is 226 Å². The Kier molecular flexibility index (Phi) is 12.9. The lowest BCUT2D eigenvalue weighted by Crippen LogP contribution is -2.62. The van der Waals surface area contributed by atoms with Crippen LogP contribution in [0.4, 0.5) is 56.9 Å². The molecule has 4 nitrogen and oxygen atoms in total. The maximum atomic E-state index is 2.88. The molecule has 0 saturated heterocycles. The van der Waals surface area contributed by atoms with Gasteiger partial charge in [0.1, 0.15) is 0 Å². The normalized spacial score (nSPS) is 22.5. The first-order chi connectivity index (χ1) is 43.6. The van der Waals surface area contributed by atoms with Crippen LogP contribution in [-0.4, -0.2) is 17.8 Å². The van der Waals surface area contributed by atoms with E-state index >= 15 is 0 Å². The zero-order valence-corrected chi connectivity index (χ0v) is 58.5. The van der Waals surface area contributed by atoms with Crippen molar-refractivity contribution in [2.45, 2.75) is 206 Å². The van der Waals surface area contributed by atoms with Gasteiger partial charge in [0.2, 0.25) is 0 Å². The van der Waals surface area contributed by atoms with Crippen LogP contribution in [0.3, 0.4) is 0 Å². The van der Waals surface area contributed by atoms with Gasteiger partial charge in [-0.2, -0.15) is 0 Å². The van der Waals surface area contributed by atoms with Gasteiger partial charge in [-0.15, -0.1) is 11.3 Å². The van der Waals surface area contributed by atoms with E-state index in [1.807, 2.05) is 11.3 Å². The third-order valence-electron chi connectivity index (χ3n) is 24.2. The highest BCUT2D eigenvalue weighted by Gasteiger charge is 2.60. The average molecular weight is 1230 g/mol. The number of fused-ring (bicyclic) bond motifs is 13. The summed E-state index contributed by atoms with van der Waals surface area (Å²) in [4.78, 5) is 11.2. The molecule has 2 aliphatic carbocycles. The molecular formula is C86H93BN4S. The van der Waals surface area contributed by atoms with Crippen LogP contribution in [0.25, 0.3) is 31.3 Å². The van der Waals surface area contributed by atoms with Crippen molar-refractivity contribution in [1.29, 1.82) is 0 Å². The molecule has 0 N–H and O–H groups in total. The van der Waals surface area contributed by atoms with Crippen LogP contribution in [0.2, 0.25) is 0 Å². The monoisotopic (exact) mass is 1220 g/mol. The molecule has 1 aromatic heterocycles. The molecule has 16 rings (SSSR count). The lowest BCUT2D eigenvalue weighted by molar-refractivity contribution is 0.195. The number of hydrogen-bond acceptors (Lipinski definition) is 5. The molecule has 0 bridgehead atoms. The minimum atomic E-state index is -0.211. The average Bonchev–Trinajstić information content (AvgIpc) is 1.13. The predicted molar refractivity (Wildman–Crippen MR) is 399 cm³/mol. The maximum Gasteiger partial charge on any atom is 0.252 e. The summed E-state index contributed by atoms with van der Waals surface area (Å²) in [6.45, 7) is 39.0. The molecule has 466 valence electrons. The van der Waals surface area contributed by atoms with Crippen molar-refractivity contribution in [2.75, 3.05) is 19.6 Å². The fourth-order valence-electron chi connectivity index (χ4n) is 18.4. The van der Waals surface area contributed by atoms with Gasteiger partial charge in [0.25, 0.3) is 6.71 Å². The van der Waals surface area contributed by atoms with Gasteiger partial charge in [-0.25, -0.2) is 0 Å². The topological polar surface area (TPSA) is 13.0 Å². The van der Waals surface area contributed by atoms with Gasteiger partial charge in [-0.05, 0) is 189 Å². The van der Waals surface area contributed by atoms with Crippen LogP contribution in [-0.2, 0) is 32.5 Å². The molecule has 4 atom stereocenters. The minimum Gasteiger partial charge on any atom is -0.334 e. The standard InChI is InChI=1S/C86H93BN4S/c1-79(2,3)55-34-40-67(62(47-55)54-27-18-17-19-28-54)88-72-51-59(90-68-41-35-56(80(4,5)6)48-63(68)83(13)43-22-24-45-85(83,90)15)37-39-66(72)87-65-38-33-58(82(10,11)12)50-71(65)89(70-30-26-32-76-77(70)61-29-20-21-31-75(61)92-76)74-53-60(52-73(88)78(74)87)91-69-42-36-57(81(7,8)9)49-64(69)84(14)44-23-25-46-86(84,91)16/h17-21,26-42,47-53H,22-25,43-46H2,1-16H3. The molecule has 9 aromatic carbocycles. The van der Waals surface area contributed by atoms with Gasteiger partial charge < -0.3 is 19.6 Å². The summed E-state index contributed by atoms with van der Waals surface area (Å²) in [6, 6.07) is 70.9. The van der Waals surface area contributed by atoms with Crippen LogP contribution < -0.4 is 36.0 Å². The van der Waals surface area contributed by atoms with Crippen LogP contribution in [0, 0.1) is 0 Å². The van der Waals surface area contributed by atoms with E-state index in [9.17, 15) is 0 Å². The Bertz CT molecular complexity index is 4700. The van der Waals surface area contributed by atoms with E-state index in [1.165, 1.54) is 170 Å². The number of nitrogens with zero attached hydrogens (tertiary/aromatic N) is 4. The Morgan fingerprint density at radius 3 is 1.41 bits per heavy atom. The molecule has 0 radical (unpaired) electrons. The molecule has 6 heteroatoms. The van der Waals surface area contributed by atoms with Gasteiger partial charge in [0.05, 0.1) is 22.5 Å². The van der Waals surface area contributed by atoms with Crippen LogP contribution in [0.15, 0.2) is 176 Å². The van der Waals surface area contributed by atoms with Gasteiger partial charge in [0.15, 0.2) is 0 Å². The van der Waals surface area contributed by atoms with Gasteiger partial charge >= 0.3 is 0 Å². The van der Waals surface area contributed by atoms with Crippen molar-refractivity contribution < 1.29 is 0 Å². The summed E-state index contributed by atoms with van der Waals surface area (Å²) in [5, 5.41) is 2.63. The van der Waals surface area contributed by atoms with Crippen molar-refractivity contribution >= 4 is 111 Å². The van der Waals surface area contributed by atoms with E-state index in [0.29, 0.717) is 0 Å². The lowest BCUT2D eigenvalue weighted by atomic mass is 9.33. The van der Waals surface area contributed by atoms with E-state index in [0.717, 1.165) is 19.3 Å². The molecule has 5 heterocycles. The Labute approximate surface area is 553 Å². The van der Waals surface area contributed by atoms with Crippen LogP contribution in [0.1, 0.15) is 196 Å². The second-order valence-corrected chi connectivity index (χ2v) is 34.7. The lowest BCUT2D eigenvalue weighted by Gasteiger charge is -2.51. The molecule has 2 saturated carbocycles. The molecule has 10 aromatic rings. The summed E-state index contributed by atoms with van der Waals surface area (Å²) >= 11 is 1.92. The first-order valence-corrected chi connectivity index (χ1v) is 35.5. The Morgan fingerprint density at radius 2 is 0.826 bits per heavy atom. The zero-order chi connectivity index (χ0) is 64.2. The second-order valence-electron chi connectivity index (χ2n) is 33.6. The van der Waals surface area contributed by atoms with Crippen LogP contribution in [0.5, 0.6) is 0 Å². The molecule has 0 amide bonds. The smallest absolute Gasteiger partial charge is 0.252 e. The molecule has 6 aliphatic rings. The number of hydrogen-bond donors (Lipinski definition) is 0. The Morgan fingerprint density at radius 1 is 0.370 bits per heavy atom. The molecule has 0 spiro atoms. The van der Waals surface area contributed by atoms with E-state index in [-0.39, 0.29) is 50.3 Å². The molecule has 92 heavy (non-hydrogen) atoms. The van der Waals surface area contributed by atoms with E-state index in [4.69, 9.17) is 0 Å². The summed E-state index contributed by atoms with van der Waals surface area (Å²) in [7, 11) is 0. The van der Waals surface area contributed by atoms with Crippen molar-refractivity contribution in [3.8, 4) is 11.1 Å². The summed E-state index contributed by atoms with van der Waals surface area (Å²) in [6.07, 6.45) is 9.45.